The topological polar surface area (TPSA) is 83.9 Å². The van der Waals surface area contributed by atoms with E-state index in [0.29, 0.717) is 17.7 Å². The zero-order valence-corrected chi connectivity index (χ0v) is 13.1. The SMILES string of the molecule is Cc1cc(C(=O)O)cc(S(=O)(=O)N2CCOC(C)C2)c1C. The van der Waals surface area contributed by atoms with Gasteiger partial charge in [-0.05, 0) is 44.0 Å². The number of nitrogens with zero attached hydrogens (tertiary/aromatic N) is 1. The maximum absolute atomic E-state index is 12.8. The highest BCUT2D eigenvalue weighted by Gasteiger charge is 2.31. The van der Waals surface area contributed by atoms with E-state index in [1.54, 1.807) is 13.8 Å². The lowest BCUT2D eigenvalue weighted by atomic mass is 10.1. The minimum Gasteiger partial charge on any atom is -0.478 e. The molecule has 1 aliphatic heterocycles. The first kappa shape index (κ1) is 15.9. The lowest BCUT2D eigenvalue weighted by Crippen LogP contribution is -2.44. The number of carboxylic acids is 1. The monoisotopic (exact) mass is 313 g/mol. The fourth-order valence-electron chi connectivity index (χ4n) is 2.36. The summed E-state index contributed by atoms with van der Waals surface area (Å²) in [7, 11) is -3.71. The first-order valence-corrected chi connectivity index (χ1v) is 8.13. The number of aromatic carboxylic acids is 1. The van der Waals surface area contributed by atoms with Gasteiger partial charge in [-0.25, -0.2) is 13.2 Å². The normalized spacial score (nSPS) is 20.4. The highest BCUT2D eigenvalue weighted by molar-refractivity contribution is 7.89. The summed E-state index contributed by atoms with van der Waals surface area (Å²) in [6.45, 7) is 6.12. The van der Waals surface area contributed by atoms with Crippen LogP contribution in [0.1, 0.15) is 28.4 Å². The molecule has 1 aromatic carbocycles. The van der Waals surface area contributed by atoms with E-state index >= 15 is 0 Å². The van der Waals surface area contributed by atoms with Crippen molar-refractivity contribution in [3.63, 3.8) is 0 Å². The summed E-state index contributed by atoms with van der Waals surface area (Å²) in [4.78, 5) is 11.2. The predicted molar refractivity (Wildman–Crippen MR) is 77.0 cm³/mol. The molecule has 1 heterocycles. The van der Waals surface area contributed by atoms with Crippen molar-refractivity contribution in [1.82, 2.24) is 4.31 Å². The molecule has 1 N–H and O–H groups in total. The summed E-state index contributed by atoms with van der Waals surface area (Å²) in [6.07, 6.45) is -0.169. The molecule has 0 spiro atoms. The molecule has 2 rings (SSSR count). The maximum Gasteiger partial charge on any atom is 0.335 e. The molecule has 1 unspecified atom stereocenters. The van der Waals surface area contributed by atoms with Crippen molar-refractivity contribution in [2.45, 2.75) is 31.8 Å². The van der Waals surface area contributed by atoms with Crippen LogP contribution in [-0.2, 0) is 14.8 Å². The van der Waals surface area contributed by atoms with Crippen LogP contribution >= 0.6 is 0 Å². The van der Waals surface area contributed by atoms with E-state index in [0.717, 1.165) is 0 Å². The molecule has 0 radical (unpaired) electrons. The Morgan fingerprint density at radius 1 is 1.38 bits per heavy atom. The molecule has 116 valence electrons. The van der Waals surface area contributed by atoms with E-state index in [2.05, 4.69) is 0 Å². The molecule has 21 heavy (non-hydrogen) atoms. The molecule has 1 aromatic rings. The maximum atomic E-state index is 12.8. The highest BCUT2D eigenvalue weighted by Crippen LogP contribution is 2.25. The fraction of sp³-hybridized carbons (Fsp3) is 0.500. The van der Waals surface area contributed by atoms with E-state index in [1.165, 1.54) is 16.4 Å². The molecule has 0 amide bonds. The molecule has 1 aliphatic rings. The summed E-state index contributed by atoms with van der Waals surface area (Å²) in [5, 5.41) is 9.11. The van der Waals surface area contributed by atoms with Crippen LogP contribution in [-0.4, -0.2) is 49.6 Å². The number of hydrogen-bond acceptors (Lipinski definition) is 4. The molecule has 0 aromatic heterocycles. The van der Waals surface area contributed by atoms with E-state index < -0.39 is 16.0 Å². The van der Waals surface area contributed by atoms with Gasteiger partial charge in [-0.15, -0.1) is 0 Å². The van der Waals surface area contributed by atoms with Gasteiger partial charge in [-0.3, -0.25) is 0 Å². The van der Waals surface area contributed by atoms with Gasteiger partial charge in [-0.1, -0.05) is 0 Å². The van der Waals surface area contributed by atoms with Gasteiger partial charge in [0.1, 0.15) is 0 Å². The largest absolute Gasteiger partial charge is 0.478 e. The molecule has 1 saturated heterocycles. The minimum absolute atomic E-state index is 0.0158. The third-order valence-corrected chi connectivity index (χ3v) is 5.68. The van der Waals surface area contributed by atoms with Gasteiger partial charge < -0.3 is 9.84 Å². The number of ether oxygens (including phenoxy) is 1. The molecular weight excluding hydrogens is 294 g/mol. The summed E-state index contributed by atoms with van der Waals surface area (Å²) in [5.41, 5.74) is 1.21. The van der Waals surface area contributed by atoms with E-state index in [1.807, 2.05) is 6.92 Å². The molecule has 1 fully saturated rings. The number of carboxylic acid groups (broad SMARTS) is 1. The Labute approximate surface area is 124 Å². The van der Waals surface area contributed by atoms with Crippen LogP contribution in [0.15, 0.2) is 17.0 Å². The number of hydrogen-bond donors (Lipinski definition) is 1. The summed E-state index contributed by atoms with van der Waals surface area (Å²) in [5.74, 6) is -1.13. The molecule has 1 atom stereocenters. The van der Waals surface area contributed by atoms with Gasteiger partial charge in [0.25, 0.3) is 0 Å². The Kier molecular flexibility index (Phi) is 4.36. The van der Waals surface area contributed by atoms with Crippen molar-refractivity contribution in [2.75, 3.05) is 19.7 Å². The number of sulfonamides is 1. The number of rotatable bonds is 3. The average molecular weight is 313 g/mol. The summed E-state index contributed by atoms with van der Waals surface area (Å²) < 4.78 is 32.2. The van der Waals surface area contributed by atoms with E-state index in [9.17, 15) is 13.2 Å². The predicted octanol–water partition coefficient (Wildman–Crippen LogP) is 1.41. The van der Waals surface area contributed by atoms with Crippen molar-refractivity contribution in [1.29, 1.82) is 0 Å². The number of morpholine rings is 1. The Morgan fingerprint density at radius 3 is 2.62 bits per heavy atom. The zero-order valence-electron chi connectivity index (χ0n) is 12.3. The standard InChI is InChI=1S/C14H19NO5S/c1-9-6-12(14(16)17)7-13(11(9)3)21(18,19)15-4-5-20-10(2)8-15/h6-7,10H,4-5,8H2,1-3H3,(H,16,17). The van der Waals surface area contributed by atoms with E-state index in [4.69, 9.17) is 9.84 Å². The molecule has 7 heteroatoms. The van der Waals surface area contributed by atoms with Crippen LogP contribution in [0, 0.1) is 13.8 Å². The first-order chi connectivity index (χ1) is 9.73. The Balaban J connectivity index is 2.51. The summed E-state index contributed by atoms with van der Waals surface area (Å²) in [6, 6.07) is 2.72. The smallest absolute Gasteiger partial charge is 0.335 e. The third-order valence-electron chi connectivity index (χ3n) is 3.69. The van der Waals surface area contributed by atoms with Gasteiger partial charge in [0.2, 0.25) is 10.0 Å². The van der Waals surface area contributed by atoms with Crippen LogP contribution in [0.3, 0.4) is 0 Å². The van der Waals surface area contributed by atoms with Gasteiger partial charge >= 0.3 is 5.97 Å². The van der Waals surface area contributed by atoms with Gasteiger partial charge in [0, 0.05) is 13.1 Å². The molecule has 6 nitrogen and oxygen atoms in total. The second-order valence-corrected chi connectivity index (χ2v) is 7.17. The van der Waals surface area contributed by atoms with Gasteiger partial charge in [0.05, 0.1) is 23.2 Å². The third kappa shape index (κ3) is 3.09. The Bertz CT molecular complexity index is 668. The second kappa shape index (κ2) is 5.75. The first-order valence-electron chi connectivity index (χ1n) is 6.69. The van der Waals surface area contributed by atoms with Gasteiger partial charge in [-0.2, -0.15) is 4.31 Å². The van der Waals surface area contributed by atoms with Crippen LogP contribution in [0.2, 0.25) is 0 Å². The molecular formula is C14H19NO5S. The minimum atomic E-state index is -3.71. The number of carbonyl (C=O) groups is 1. The Morgan fingerprint density at radius 2 is 2.05 bits per heavy atom. The lowest BCUT2D eigenvalue weighted by molar-refractivity contribution is 0.0101. The average Bonchev–Trinajstić information content (AvgIpc) is 2.41. The van der Waals surface area contributed by atoms with Crippen molar-refractivity contribution >= 4 is 16.0 Å². The molecule has 0 aliphatic carbocycles. The fourth-order valence-corrected chi connectivity index (χ4v) is 4.19. The lowest BCUT2D eigenvalue weighted by Gasteiger charge is -2.31. The summed E-state index contributed by atoms with van der Waals surface area (Å²) >= 11 is 0. The van der Waals surface area contributed by atoms with Crippen LogP contribution in [0.4, 0.5) is 0 Å². The number of benzene rings is 1. The Hall–Kier alpha value is -1.44. The molecule has 0 saturated carbocycles. The second-order valence-electron chi connectivity index (χ2n) is 5.27. The zero-order chi connectivity index (χ0) is 15.8. The van der Waals surface area contributed by atoms with Gasteiger partial charge in [0.15, 0.2) is 0 Å². The quantitative estimate of drug-likeness (QED) is 0.912. The highest BCUT2D eigenvalue weighted by atomic mass is 32.2. The molecule has 0 bridgehead atoms. The van der Waals surface area contributed by atoms with E-state index in [-0.39, 0.29) is 29.7 Å². The van der Waals surface area contributed by atoms with Crippen molar-refractivity contribution in [2.24, 2.45) is 0 Å². The van der Waals surface area contributed by atoms with Crippen molar-refractivity contribution in [3.05, 3.63) is 28.8 Å². The van der Waals surface area contributed by atoms with Crippen molar-refractivity contribution in [3.8, 4) is 0 Å². The van der Waals surface area contributed by atoms with Crippen LogP contribution in [0.25, 0.3) is 0 Å². The van der Waals surface area contributed by atoms with Crippen LogP contribution < -0.4 is 0 Å². The van der Waals surface area contributed by atoms with Crippen LogP contribution in [0.5, 0.6) is 0 Å². The number of aryl methyl sites for hydroxylation is 1. The van der Waals surface area contributed by atoms with Crippen molar-refractivity contribution < 1.29 is 23.1 Å².